The first-order valence-electron chi connectivity index (χ1n) is 9.18. The Morgan fingerprint density at radius 1 is 0.935 bits per heavy atom. The Hall–Kier alpha value is -3.23. The molecule has 0 saturated carbocycles. The molecular weight excluding hydrogens is 443 g/mol. The zero-order valence-corrected chi connectivity index (χ0v) is 17.7. The van der Waals surface area contributed by atoms with Crippen LogP contribution < -0.4 is 10.6 Å². The molecule has 0 unspecified atom stereocenters. The van der Waals surface area contributed by atoms with E-state index < -0.39 is 32.7 Å². The van der Waals surface area contributed by atoms with E-state index in [4.69, 9.17) is 10.7 Å². The van der Waals surface area contributed by atoms with E-state index in [-0.39, 0.29) is 16.9 Å². The van der Waals surface area contributed by atoms with E-state index >= 15 is 0 Å². The number of amides is 2. The first-order valence-corrected chi connectivity index (χ1v) is 11.5. The highest BCUT2D eigenvalue weighted by molar-refractivity contribution is 8.13. The highest BCUT2D eigenvalue weighted by Gasteiger charge is 2.22. The van der Waals surface area contributed by atoms with Gasteiger partial charge in [-0.15, -0.1) is 0 Å². The summed E-state index contributed by atoms with van der Waals surface area (Å²) in [7, 11) is 1.41. The average Bonchev–Trinajstić information content (AvgIpc) is 2.73. The van der Waals surface area contributed by atoms with Gasteiger partial charge in [-0.3, -0.25) is 9.59 Å². The fourth-order valence-electron chi connectivity index (χ4n) is 2.86. The van der Waals surface area contributed by atoms with Crippen molar-refractivity contribution in [2.45, 2.75) is 17.4 Å². The summed E-state index contributed by atoms with van der Waals surface area (Å²) in [6, 6.07) is 18.6. The summed E-state index contributed by atoms with van der Waals surface area (Å²) >= 11 is 0. The zero-order valence-electron chi connectivity index (χ0n) is 16.1. The number of hydrogen-bond donors (Lipinski definition) is 2. The molecule has 3 aromatic rings. The van der Waals surface area contributed by atoms with E-state index in [0.29, 0.717) is 5.69 Å². The van der Waals surface area contributed by atoms with Crippen LogP contribution in [-0.4, -0.2) is 26.3 Å². The lowest BCUT2D eigenvalue weighted by molar-refractivity contribution is -0.118. The molecular formula is C22H18ClFN2O4S. The third-order valence-corrected chi connectivity index (χ3v) is 5.76. The lowest BCUT2D eigenvalue weighted by Gasteiger charge is -2.19. The summed E-state index contributed by atoms with van der Waals surface area (Å²) in [5, 5.41) is 5.27. The molecule has 1 atom stereocenters. The summed E-state index contributed by atoms with van der Waals surface area (Å²) in [6.45, 7) is 0. The molecule has 160 valence electrons. The minimum atomic E-state index is -3.88. The number of nitrogens with one attached hydrogen (secondary N) is 2. The molecule has 6 nitrogen and oxygen atoms in total. The molecule has 31 heavy (non-hydrogen) atoms. The fraction of sp³-hybridized carbons (Fsp3) is 0.0909. The first kappa shape index (κ1) is 22.5. The standard InChI is InChI=1S/C22H18ClFN2O4S/c23-31(29,30)19-11-9-18(10-12-19)25-22(28)20(13-15-5-2-1-3-6-15)26-21(27)16-7-4-8-17(24)14-16/h1-12,14,20H,13H2,(H,25,28)(H,26,27)/t20-/m0/s1. The minimum absolute atomic E-state index is 0.0857. The molecule has 0 bridgehead atoms. The molecule has 0 aliphatic rings. The topological polar surface area (TPSA) is 92.3 Å². The van der Waals surface area contributed by atoms with Gasteiger partial charge in [0, 0.05) is 28.4 Å². The molecule has 0 aliphatic carbocycles. The smallest absolute Gasteiger partial charge is 0.261 e. The summed E-state index contributed by atoms with van der Waals surface area (Å²) in [4.78, 5) is 25.4. The van der Waals surface area contributed by atoms with Gasteiger partial charge in [0.15, 0.2) is 0 Å². The van der Waals surface area contributed by atoms with E-state index in [9.17, 15) is 22.4 Å². The fourth-order valence-corrected chi connectivity index (χ4v) is 3.63. The molecule has 0 heterocycles. The molecule has 0 radical (unpaired) electrons. The maximum absolute atomic E-state index is 13.5. The van der Waals surface area contributed by atoms with Crippen LogP contribution in [0.1, 0.15) is 15.9 Å². The lowest BCUT2D eigenvalue weighted by Crippen LogP contribution is -2.45. The number of benzene rings is 3. The lowest BCUT2D eigenvalue weighted by atomic mass is 10.0. The van der Waals surface area contributed by atoms with Crippen LogP contribution in [0, 0.1) is 5.82 Å². The predicted molar refractivity (Wildman–Crippen MR) is 116 cm³/mol. The van der Waals surface area contributed by atoms with Crippen LogP contribution in [0.25, 0.3) is 0 Å². The van der Waals surface area contributed by atoms with Crippen molar-refractivity contribution in [3.05, 3.63) is 95.8 Å². The molecule has 0 saturated heterocycles. The van der Waals surface area contributed by atoms with Crippen molar-refractivity contribution < 1.29 is 22.4 Å². The molecule has 2 amide bonds. The van der Waals surface area contributed by atoms with Gasteiger partial charge in [0.05, 0.1) is 4.90 Å². The first-order chi connectivity index (χ1) is 14.7. The van der Waals surface area contributed by atoms with E-state index in [2.05, 4.69) is 10.6 Å². The number of anilines is 1. The maximum Gasteiger partial charge on any atom is 0.261 e. The summed E-state index contributed by atoms with van der Waals surface area (Å²) in [5.74, 6) is -1.68. The second-order valence-corrected chi connectivity index (χ2v) is 9.24. The van der Waals surface area contributed by atoms with E-state index in [1.165, 1.54) is 42.5 Å². The average molecular weight is 461 g/mol. The van der Waals surface area contributed by atoms with Crippen LogP contribution in [-0.2, 0) is 20.3 Å². The SMILES string of the molecule is O=C(N[C@@H](Cc1ccccc1)C(=O)Nc1ccc(S(=O)(=O)Cl)cc1)c1cccc(F)c1. The molecule has 3 aromatic carbocycles. The van der Waals surface area contributed by atoms with Crippen LogP contribution in [0.2, 0.25) is 0 Å². The minimum Gasteiger partial charge on any atom is -0.340 e. The third kappa shape index (κ3) is 6.37. The van der Waals surface area contributed by atoms with Crippen LogP contribution >= 0.6 is 10.7 Å². The summed E-state index contributed by atoms with van der Waals surface area (Å²) < 4.78 is 36.2. The second-order valence-electron chi connectivity index (χ2n) is 6.68. The molecule has 3 rings (SSSR count). The van der Waals surface area contributed by atoms with Crippen LogP contribution in [0.15, 0.2) is 83.8 Å². The number of hydrogen-bond acceptors (Lipinski definition) is 4. The highest BCUT2D eigenvalue weighted by atomic mass is 35.7. The quantitative estimate of drug-likeness (QED) is 0.525. The van der Waals surface area contributed by atoms with Gasteiger partial charge < -0.3 is 10.6 Å². The summed E-state index contributed by atoms with van der Waals surface area (Å²) in [6.07, 6.45) is 0.196. The van der Waals surface area contributed by atoms with Gasteiger partial charge in [0.2, 0.25) is 5.91 Å². The number of halogens is 2. The molecule has 0 fully saturated rings. The van der Waals surface area contributed by atoms with E-state index in [1.54, 1.807) is 0 Å². The van der Waals surface area contributed by atoms with Gasteiger partial charge in [0.1, 0.15) is 11.9 Å². The van der Waals surface area contributed by atoms with Gasteiger partial charge in [0.25, 0.3) is 15.0 Å². The monoisotopic (exact) mass is 460 g/mol. The molecule has 2 N–H and O–H groups in total. The van der Waals surface area contributed by atoms with Crippen LogP contribution in [0.4, 0.5) is 10.1 Å². The Morgan fingerprint density at radius 2 is 1.61 bits per heavy atom. The third-order valence-electron chi connectivity index (χ3n) is 4.39. The number of carbonyl (C=O) groups excluding carboxylic acids is 2. The van der Waals surface area contributed by atoms with Crippen molar-refractivity contribution in [2.24, 2.45) is 0 Å². The van der Waals surface area contributed by atoms with Crippen molar-refractivity contribution in [3.63, 3.8) is 0 Å². The highest BCUT2D eigenvalue weighted by Crippen LogP contribution is 2.18. The Bertz CT molecular complexity index is 1190. The van der Waals surface area contributed by atoms with Crippen LogP contribution in [0.3, 0.4) is 0 Å². The van der Waals surface area contributed by atoms with Crippen molar-refractivity contribution in [2.75, 3.05) is 5.32 Å². The van der Waals surface area contributed by atoms with Crippen molar-refractivity contribution in [1.29, 1.82) is 0 Å². The summed E-state index contributed by atoms with van der Waals surface area (Å²) in [5.41, 5.74) is 1.22. The number of carbonyl (C=O) groups is 2. The molecule has 9 heteroatoms. The molecule has 0 spiro atoms. The van der Waals surface area contributed by atoms with Gasteiger partial charge >= 0.3 is 0 Å². The number of rotatable bonds is 7. The Morgan fingerprint density at radius 3 is 2.23 bits per heavy atom. The largest absolute Gasteiger partial charge is 0.340 e. The molecule has 0 aliphatic heterocycles. The van der Waals surface area contributed by atoms with E-state index in [1.807, 2.05) is 30.3 Å². The van der Waals surface area contributed by atoms with Gasteiger partial charge in [-0.25, -0.2) is 12.8 Å². The Kier molecular flexibility index (Phi) is 7.04. The Balaban J connectivity index is 1.79. The normalized spacial score (nSPS) is 12.1. The van der Waals surface area contributed by atoms with Crippen molar-refractivity contribution in [3.8, 4) is 0 Å². The Labute approximate surface area is 183 Å². The van der Waals surface area contributed by atoms with Crippen molar-refractivity contribution >= 4 is 37.2 Å². The van der Waals surface area contributed by atoms with Crippen LogP contribution in [0.5, 0.6) is 0 Å². The zero-order chi connectivity index (χ0) is 22.4. The van der Waals surface area contributed by atoms with Crippen molar-refractivity contribution in [1.82, 2.24) is 5.32 Å². The second kappa shape index (κ2) is 9.72. The van der Waals surface area contributed by atoms with E-state index in [0.717, 1.165) is 11.6 Å². The van der Waals surface area contributed by atoms with Gasteiger partial charge in [-0.2, -0.15) is 0 Å². The predicted octanol–water partition coefficient (Wildman–Crippen LogP) is 3.73. The van der Waals surface area contributed by atoms with Gasteiger partial charge in [-0.1, -0.05) is 36.4 Å². The maximum atomic E-state index is 13.5. The van der Waals surface area contributed by atoms with Gasteiger partial charge in [-0.05, 0) is 48.0 Å². The molecule has 0 aromatic heterocycles.